The fourth-order valence-electron chi connectivity index (χ4n) is 1.99. The molecule has 0 fully saturated rings. The van der Waals surface area contributed by atoms with E-state index in [0.717, 1.165) is 27.8 Å². The van der Waals surface area contributed by atoms with Crippen molar-refractivity contribution < 1.29 is 0 Å². The number of aryl methyl sites for hydroxylation is 2. The topological polar surface area (TPSA) is 25.8 Å². The van der Waals surface area contributed by atoms with E-state index in [9.17, 15) is 0 Å². The second kappa shape index (κ2) is 3.27. The summed E-state index contributed by atoms with van der Waals surface area (Å²) in [6, 6.07) is 12.4. The molecule has 0 amide bonds. The Kier molecular flexibility index (Phi) is 1.90. The van der Waals surface area contributed by atoms with E-state index in [1.54, 1.807) is 0 Å². The van der Waals surface area contributed by atoms with Crippen molar-refractivity contribution in [3.8, 4) is 0 Å². The fourth-order valence-corrected chi connectivity index (χ4v) is 1.99. The van der Waals surface area contributed by atoms with Crippen LogP contribution in [0.25, 0.3) is 21.8 Å². The van der Waals surface area contributed by atoms with Crippen molar-refractivity contribution in [2.75, 3.05) is 0 Å². The number of nitrogens with zero attached hydrogens (tertiary/aromatic N) is 2. The van der Waals surface area contributed by atoms with Gasteiger partial charge in [-0.2, -0.15) is 0 Å². The van der Waals surface area contributed by atoms with E-state index in [4.69, 9.17) is 0 Å². The number of pyridine rings is 2. The molecule has 2 heterocycles. The molecule has 0 N–H and O–H groups in total. The number of fused-ring (bicyclic) bond motifs is 3. The summed E-state index contributed by atoms with van der Waals surface area (Å²) in [7, 11) is 0. The zero-order valence-corrected chi connectivity index (χ0v) is 9.36. The van der Waals surface area contributed by atoms with Crippen LogP contribution in [0.3, 0.4) is 0 Å². The Morgan fingerprint density at radius 2 is 1.44 bits per heavy atom. The van der Waals surface area contributed by atoms with Crippen molar-refractivity contribution in [2.24, 2.45) is 0 Å². The summed E-state index contributed by atoms with van der Waals surface area (Å²) in [5.41, 5.74) is 4.15. The molecule has 0 unspecified atom stereocenters. The molecule has 3 rings (SSSR count). The minimum absolute atomic E-state index is 1.02. The van der Waals surface area contributed by atoms with Crippen LogP contribution in [0.4, 0.5) is 0 Å². The Hall–Kier alpha value is -1.96. The SMILES string of the molecule is Cc1ccc2c(ccc3ccc(C)nc32)n1. The van der Waals surface area contributed by atoms with Gasteiger partial charge in [-0.15, -0.1) is 0 Å². The Labute approximate surface area is 94.0 Å². The highest BCUT2D eigenvalue weighted by Crippen LogP contribution is 2.22. The van der Waals surface area contributed by atoms with Crippen molar-refractivity contribution in [1.82, 2.24) is 9.97 Å². The molecule has 0 saturated heterocycles. The maximum absolute atomic E-state index is 4.59. The predicted molar refractivity (Wildman–Crippen MR) is 66.5 cm³/mol. The fraction of sp³-hybridized carbons (Fsp3) is 0.143. The van der Waals surface area contributed by atoms with E-state index in [1.807, 2.05) is 26.0 Å². The normalized spacial score (nSPS) is 11.1. The molecule has 0 bridgehead atoms. The lowest BCUT2D eigenvalue weighted by Gasteiger charge is -2.04. The third-order valence-electron chi connectivity index (χ3n) is 2.81. The lowest BCUT2D eigenvalue weighted by atomic mass is 10.1. The first-order chi connectivity index (χ1) is 7.74. The molecule has 0 radical (unpaired) electrons. The maximum atomic E-state index is 4.59. The Balaban J connectivity index is 2.52. The summed E-state index contributed by atoms with van der Waals surface area (Å²) in [6.07, 6.45) is 0. The number of aromatic nitrogens is 2. The van der Waals surface area contributed by atoms with E-state index in [1.165, 1.54) is 5.39 Å². The largest absolute Gasteiger partial charge is 0.253 e. The molecule has 0 atom stereocenters. The monoisotopic (exact) mass is 208 g/mol. The molecule has 2 heteroatoms. The van der Waals surface area contributed by atoms with Gasteiger partial charge in [0.25, 0.3) is 0 Å². The predicted octanol–water partition coefficient (Wildman–Crippen LogP) is 3.40. The molecule has 0 aliphatic heterocycles. The van der Waals surface area contributed by atoms with Gasteiger partial charge in [0, 0.05) is 22.2 Å². The third kappa shape index (κ3) is 1.34. The van der Waals surface area contributed by atoms with E-state index in [0.29, 0.717) is 0 Å². The highest BCUT2D eigenvalue weighted by Gasteiger charge is 2.02. The average Bonchev–Trinajstić information content (AvgIpc) is 2.28. The summed E-state index contributed by atoms with van der Waals surface area (Å²) < 4.78 is 0. The van der Waals surface area contributed by atoms with Gasteiger partial charge in [0.1, 0.15) is 0 Å². The van der Waals surface area contributed by atoms with Crippen LogP contribution in [0, 0.1) is 13.8 Å². The third-order valence-corrected chi connectivity index (χ3v) is 2.81. The van der Waals surface area contributed by atoms with Crippen LogP contribution in [0.2, 0.25) is 0 Å². The molecule has 1 aromatic carbocycles. The number of hydrogen-bond donors (Lipinski definition) is 0. The molecular formula is C14H12N2. The second-order valence-corrected chi connectivity index (χ2v) is 4.11. The molecule has 16 heavy (non-hydrogen) atoms. The summed E-state index contributed by atoms with van der Waals surface area (Å²) in [5, 5.41) is 2.30. The summed E-state index contributed by atoms with van der Waals surface area (Å²) in [5.74, 6) is 0. The first-order valence-corrected chi connectivity index (χ1v) is 5.38. The Bertz CT molecular complexity index is 687. The van der Waals surface area contributed by atoms with Gasteiger partial charge in [0.2, 0.25) is 0 Å². The van der Waals surface area contributed by atoms with E-state index >= 15 is 0 Å². The first-order valence-electron chi connectivity index (χ1n) is 5.38. The van der Waals surface area contributed by atoms with Crippen molar-refractivity contribution >= 4 is 21.8 Å². The number of hydrogen-bond acceptors (Lipinski definition) is 2. The van der Waals surface area contributed by atoms with E-state index < -0.39 is 0 Å². The highest BCUT2D eigenvalue weighted by molar-refractivity contribution is 6.03. The summed E-state index contributed by atoms with van der Waals surface area (Å²) in [4.78, 5) is 9.11. The smallest absolute Gasteiger partial charge is 0.0799 e. The van der Waals surface area contributed by atoms with Gasteiger partial charge in [0.15, 0.2) is 0 Å². The van der Waals surface area contributed by atoms with Gasteiger partial charge < -0.3 is 0 Å². The van der Waals surface area contributed by atoms with Gasteiger partial charge in [-0.3, -0.25) is 9.97 Å². The van der Waals surface area contributed by atoms with Crippen LogP contribution in [0.1, 0.15) is 11.4 Å². The van der Waals surface area contributed by atoms with Crippen LogP contribution in [0.15, 0.2) is 36.4 Å². The van der Waals surface area contributed by atoms with E-state index in [2.05, 4.69) is 34.2 Å². The van der Waals surface area contributed by atoms with Gasteiger partial charge in [-0.1, -0.05) is 12.1 Å². The quantitative estimate of drug-likeness (QED) is 0.529. The minimum Gasteiger partial charge on any atom is -0.253 e. The summed E-state index contributed by atoms with van der Waals surface area (Å²) >= 11 is 0. The van der Waals surface area contributed by atoms with Crippen molar-refractivity contribution in [2.45, 2.75) is 13.8 Å². The lowest BCUT2D eigenvalue weighted by molar-refractivity contribution is 1.24. The Morgan fingerprint density at radius 1 is 0.750 bits per heavy atom. The average molecular weight is 208 g/mol. The van der Waals surface area contributed by atoms with Crippen molar-refractivity contribution in [3.05, 3.63) is 47.8 Å². The van der Waals surface area contributed by atoms with Gasteiger partial charge in [-0.05, 0) is 38.1 Å². The molecule has 0 aliphatic rings. The van der Waals surface area contributed by atoms with E-state index in [-0.39, 0.29) is 0 Å². The van der Waals surface area contributed by atoms with Gasteiger partial charge in [-0.25, -0.2) is 0 Å². The number of benzene rings is 1. The van der Waals surface area contributed by atoms with Gasteiger partial charge >= 0.3 is 0 Å². The van der Waals surface area contributed by atoms with Crippen LogP contribution >= 0.6 is 0 Å². The standard InChI is InChI=1S/C14H12N2/c1-9-4-7-12-13(15-9)8-6-11-5-3-10(2)16-14(11)12/h3-8H,1-2H3. The summed E-state index contributed by atoms with van der Waals surface area (Å²) in [6.45, 7) is 4.02. The molecule has 78 valence electrons. The van der Waals surface area contributed by atoms with Crippen molar-refractivity contribution in [1.29, 1.82) is 0 Å². The molecule has 0 aliphatic carbocycles. The second-order valence-electron chi connectivity index (χ2n) is 4.11. The lowest BCUT2D eigenvalue weighted by Crippen LogP contribution is -1.88. The van der Waals surface area contributed by atoms with Crippen LogP contribution in [-0.4, -0.2) is 9.97 Å². The molecule has 2 aromatic heterocycles. The molecule has 0 spiro atoms. The van der Waals surface area contributed by atoms with Crippen LogP contribution in [0.5, 0.6) is 0 Å². The Morgan fingerprint density at radius 3 is 2.31 bits per heavy atom. The zero-order chi connectivity index (χ0) is 11.1. The molecular weight excluding hydrogens is 196 g/mol. The van der Waals surface area contributed by atoms with Crippen LogP contribution < -0.4 is 0 Å². The zero-order valence-electron chi connectivity index (χ0n) is 9.36. The molecule has 3 aromatic rings. The molecule has 0 saturated carbocycles. The number of rotatable bonds is 0. The van der Waals surface area contributed by atoms with Gasteiger partial charge in [0.05, 0.1) is 11.0 Å². The molecule has 2 nitrogen and oxygen atoms in total. The maximum Gasteiger partial charge on any atom is 0.0799 e. The minimum atomic E-state index is 1.02. The first kappa shape index (κ1) is 9.28. The highest BCUT2D eigenvalue weighted by atomic mass is 14.7. The van der Waals surface area contributed by atoms with Crippen molar-refractivity contribution in [3.63, 3.8) is 0 Å². The van der Waals surface area contributed by atoms with Crippen LogP contribution in [-0.2, 0) is 0 Å².